The van der Waals surface area contributed by atoms with E-state index in [0.717, 1.165) is 27.3 Å². The van der Waals surface area contributed by atoms with Gasteiger partial charge < -0.3 is 10.2 Å². The number of amides is 2. The maximum absolute atomic E-state index is 13.9. The molecule has 3 rings (SSSR count). The molecule has 0 fully saturated rings. The lowest BCUT2D eigenvalue weighted by Gasteiger charge is -2.34. The van der Waals surface area contributed by atoms with Gasteiger partial charge in [-0.1, -0.05) is 78.4 Å². The van der Waals surface area contributed by atoms with Gasteiger partial charge in [0.2, 0.25) is 21.8 Å². The number of nitrogens with one attached hydrogen (secondary N) is 1. The Labute approximate surface area is 220 Å². The summed E-state index contributed by atoms with van der Waals surface area (Å²) < 4.78 is 26.5. The number of sulfonamides is 1. The van der Waals surface area contributed by atoms with Crippen molar-refractivity contribution in [1.29, 1.82) is 0 Å². The highest BCUT2D eigenvalue weighted by atomic mass is 32.2. The number of hydrogen-bond donors (Lipinski definition) is 1. The maximum atomic E-state index is 13.9. The lowest BCUT2D eigenvalue weighted by molar-refractivity contribution is -0.140. The normalized spacial score (nSPS) is 12.1. The second kappa shape index (κ2) is 12.5. The first-order chi connectivity index (χ1) is 17.5. The number of hydrogen-bond acceptors (Lipinski definition) is 4. The Morgan fingerprint density at radius 2 is 1.46 bits per heavy atom. The Bertz CT molecular complexity index is 1290. The predicted molar refractivity (Wildman–Crippen MR) is 148 cm³/mol. The first kappa shape index (κ1) is 27.9. The van der Waals surface area contributed by atoms with Crippen LogP contribution in [0, 0.1) is 6.92 Å². The van der Waals surface area contributed by atoms with E-state index in [0.29, 0.717) is 12.1 Å². The van der Waals surface area contributed by atoms with Gasteiger partial charge >= 0.3 is 0 Å². The molecule has 0 saturated carbocycles. The zero-order valence-corrected chi connectivity index (χ0v) is 22.6. The fourth-order valence-electron chi connectivity index (χ4n) is 4.15. The summed E-state index contributed by atoms with van der Waals surface area (Å²) in [5.41, 5.74) is 3.17. The summed E-state index contributed by atoms with van der Waals surface area (Å²) >= 11 is 0. The molecule has 0 heterocycles. The van der Waals surface area contributed by atoms with Crippen LogP contribution in [0.15, 0.2) is 84.9 Å². The molecule has 3 aromatic rings. The molecular weight excluding hydrogens is 486 g/mol. The van der Waals surface area contributed by atoms with Crippen molar-refractivity contribution in [3.63, 3.8) is 0 Å². The highest BCUT2D eigenvalue weighted by Gasteiger charge is 2.33. The molecule has 37 heavy (non-hydrogen) atoms. The van der Waals surface area contributed by atoms with Crippen LogP contribution in [0.25, 0.3) is 0 Å². The lowest BCUT2D eigenvalue weighted by atomic mass is 10.0. The summed E-state index contributed by atoms with van der Waals surface area (Å²) in [7, 11) is -3.76. The van der Waals surface area contributed by atoms with Crippen LogP contribution in [0.1, 0.15) is 30.5 Å². The van der Waals surface area contributed by atoms with E-state index in [9.17, 15) is 18.0 Å². The van der Waals surface area contributed by atoms with Crippen LogP contribution in [-0.4, -0.2) is 50.0 Å². The van der Waals surface area contributed by atoms with Crippen LogP contribution in [0.2, 0.25) is 0 Å². The number of aryl methyl sites for hydroxylation is 1. The third-order valence-electron chi connectivity index (χ3n) is 5.86. The van der Waals surface area contributed by atoms with Crippen molar-refractivity contribution in [3.8, 4) is 0 Å². The van der Waals surface area contributed by atoms with Gasteiger partial charge in [0.25, 0.3) is 0 Å². The van der Waals surface area contributed by atoms with E-state index in [-0.39, 0.29) is 18.5 Å². The van der Waals surface area contributed by atoms with E-state index in [4.69, 9.17) is 0 Å². The van der Waals surface area contributed by atoms with Gasteiger partial charge in [0.15, 0.2) is 0 Å². The minimum absolute atomic E-state index is 0.126. The second-order valence-corrected chi connectivity index (χ2v) is 11.4. The molecule has 0 aliphatic carbocycles. The van der Waals surface area contributed by atoms with Gasteiger partial charge in [-0.25, -0.2) is 8.42 Å². The first-order valence-corrected chi connectivity index (χ1v) is 14.1. The number of carbonyl (C=O) groups is 2. The van der Waals surface area contributed by atoms with Crippen LogP contribution < -0.4 is 9.62 Å². The van der Waals surface area contributed by atoms with E-state index in [2.05, 4.69) is 5.32 Å². The maximum Gasteiger partial charge on any atom is 0.244 e. The molecule has 2 amide bonds. The average molecular weight is 522 g/mol. The lowest BCUT2D eigenvalue weighted by Crippen LogP contribution is -2.54. The average Bonchev–Trinajstić information content (AvgIpc) is 2.84. The zero-order chi connectivity index (χ0) is 27.0. The van der Waals surface area contributed by atoms with Crippen LogP contribution >= 0.6 is 0 Å². The van der Waals surface area contributed by atoms with E-state index in [1.54, 1.807) is 30.3 Å². The Kier molecular flexibility index (Phi) is 9.47. The minimum atomic E-state index is -3.76. The smallest absolute Gasteiger partial charge is 0.244 e. The Morgan fingerprint density at radius 3 is 2.03 bits per heavy atom. The standard InChI is InChI=1S/C29H35N3O4S/c1-22(2)30-29(34)27(19-24-13-7-5-8-14-24)31(20-25-15-11-12-23(3)18-25)28(33)21-32(37(4,35)36)26-16-9-6-10-17-26/h5-18,22,27H,19-21H2,1-4H3,(H,30,34). The van der Waals surface area contributed by atoms with Gasteiger partial charge in [-0.05, 0) is 44.0 Å². The number of carbonyl (C=O) groups excluding carboxylic acids is 2. The van der Waals surface area contributed by atoms with Crippen LogP contribution in [0.5, 0.6) is 0 Å². The summed E-state index contributed by atoms with van der Waals surface area (Å²) in [6, 6.07) is 24.8. The fourth-order valence-corrected chi connectivity index (χ4v) is 5.00. The molecule has 8 heteroatoms. The molecule has 3 aromatic carbocycles. The van der Waals surface area contributed by atoms with Crippen LogP contribution in [-0.2, 0) is 32.6 Å². The van der Waals surface area contributed by atoms with Gasteiger partial charge in [0.05, 0.1) is 11.9 Å². The van der Waals surface area contributed by atoms with Crippen LogP contribution in [0.4, 0.5) is 5.69 Å². The van der Waals surface area contributed by atoms with E-state index in [1.165, 1.54) is 4.90 Å². The Balaban J connectivity index is 2.04. The van der Waals surface area contributed by atoms with Gasteiger partial charge in [-0.2, -0.15) is 0 Å². The third-order valence-corrected chi connectivity index (χ3v) is 7.00. The molecule has 0 radical (unpaired) electrons. The van der Waals surface area contributed by atoms with Crippen molar-refractivity contribution in [3.05, 3.63) is 102 Å². The zero-order valence-electron chi connectivity index (χ0n) is 21.8. The highest BCUT2D eigenvalue weighted by molar-refractivity contribution is 7.92. The summed E-state index contributed by atoms with van der Waals surface area (Å²) in [6.45, 7) is 5.43. The first-order valence-electron chi connectivity index (χ1n) is 12.3. The van der Waals surface area contributed by atoms with E-state index < -0.39 is 28.5 Å². The number of benzene rings is 3. The third kappa shape index (κ3) is 8.18. The molecule has 0 aliphatic rings. The number of rotatable bonds is 11. The molecular formula is C29H35N3O4S. The largest absolute Gasteiger partial charge is 0.352 e. The molecule has 1 unspecified atom stereocenters. The molecule has 0 aliphatic heterocycles. The fraction of sp³-hybridized carbons (Fsp3) is 0.310. The van der Waals surface area contributed by atoms with Crippen molar-refractivity contribution < 1.29 is 18.0 Å². The van der Waals surface area contributed by atoms with Crippen molar-refractivity contribution in [2.24, 2.45) is 0 Å². The van der Waals surface area contributed by atoms with Crippen LogP contribution in [0.3, 0.4) is 0 Å². The quantitative estimate of drug-likeness (QED) is 0.414. The summed E-state index contributed by atoms with van der Waals surface area (Å²) in [5.74, 6) is -0.749. The SMILES string of the molecule is Cc1cccc(CN(C(=O)CN(c2ccccc2)S(C)(=O)=O)C(Cc2ccccc2)C(=O)NC(C)C)c1. The molecule has 0 aromatic heterocycles. The van der Waals surface area contributed by atoms with Crippen molar-refractivity contribution in [1.82, 2.24) is 10.2 Å². The van der Waals surface area contributed by atoms with Crippen molar-refractivity contribution in [2.75, 3.05) is 17.1 Å². The van der Waals surface area contributed by atoms with Gasteiger partial charge in [0.1, 0.15) is 12.6 Å². The van der Waals surface area contributed by atoms with Crippen molar-refractivity contribution in [2.45, 2.75) is 45.8 Å². The summed E-state index contributed by atoms with van der Waals surface area (Å²) in [6.07, 6.45) is 1.37. The van der Waals surface area contributed by atoms with Crippen molar-refractivity contribution >= 4 is 27.5 Å². The molecule has 0 spiro atoms. The topological polar surface area (TPSA) is 86.8 Å². The van der Waals surface area contributed by atoms with E-state index in [1.807, 2.05) is 75.4 Å². The molecule has 7 nitrogen and oxygen atoms in total. The summed E-state index contributed by atoms with van der Waals surface area (Å²) in [5, 5.41) is 2.95. The van der Waals surface area contributed by atoms with Gasteiger partial charge in [0, 0.05) is 19.0 Å². The highest BCUT2D eigenvalue weighted by Crippen LogP contribution is 2.20. The Hall–Kier alpha value is -3.65. The number of para-hydroxylation sites is 1. The minimum Gasteiger partial charge on any atom is -0.352 e. The predicted octanol–water partition coefficient (Wildman–Crippen LogP) is 3.93. The molecule has 0 saturated heterocycles. The molecule has 196 valence electrons. The monoisotopic (exact) mass is 521 g/mol. The molecule has 1 N–H and O–H groups in total. The van der Waals surface area contributed by atoms with Gasteiger partial charge in [-0.15, -0.1) is 0 Å². The van der Waals surface area contributed by atoms with Gasteiger partial charge in [-0.3, -0.25) is 13.9 Å². The Morgan fingerprint density at radius 1 is 0.865 bits per heavy atom. The van der Waals surface area contributed by atoms with E-state index >= 15 is 0 Å². The number of nitrogens with zero attached hydrogens (tertiary/aromatic N) is 2. The summed E-state index contributed by atoms with van der Waals surface area (Å²) in [4.78, 5) is 28.9. The molecule has 1 atom stereocenters. The second-order valence-electron chi connectivity index (χ2n) is 9.48. The number of anilines is 1. The molecule has 0 bridgehead atoms.